The van der Waals surface area contributed by atoms with Gasteiger partial charge >= 0.3 is 11.8 Å². The minimum absolute atomic E-state index is 0.167. The maximum atomic E-state index is 11.6. The van der Waals surface area contributed by atoms with Crippen LogP contribution in [0.5, 0.6) is 0 Å². The van der Waals surface area contributed by atoms with Gasteiger partial charge in [-0.3, -0.25) is 0 Å². The van der Waals surface area contributed by atoms with Gasteiger partial charge in [0.2, 0.25) is 0 Å². The molecule has 1 aliphatic rings. The number of quaternary nitrogens is 1. The number of nitrogens with zero attached hydrogens (tertiary/aromatic N) is 1. The average Bonchev–Trinajstić information content (AvgIpc) is 2.27. The molecule has 4 nitrogen and oxygen atoms in total. The number of hydrogen-bond acceptors (Lipinski definition) is 3. The first-order valence-corrected chi connectivity index (χ1v) is 4.59. The van der Waals surface area contributed by atoms with Gasteiger partial charge in [-0.25, -0.2) is 9.59 Å². The molecule has 2 amide bonds. The maximum absolute atomic E-state index is 11.6. The van der Waals surface area contributed by atoms with Crippen molar-refractivity contribution >= 4 is 11.8 Å². The largest absolute Gasteiger partial charge is 0.345 e. The molecule has 0 aromatic heterocycles. The van der Waals surface area contributed by atoms with Crippen LogP contribution in [-0.2, 0) is 9.59 Å². The van der Waals surface area contributed by atoms with E-state index in [0.717, 1.165) is 0 Å². The lowest BCUT2D eigenvalue weighted by molar-refractivity contribution is -0.776. The van der Waals surface area contributed by atoms with Crippen LogP contribution in [0.3, 0.4) is 0 Å². The quantitative estimate of drug-likeness (QED) is 0.491. The molecule has 14 heavy (non-hydrogen) atoms. The van der Waals surface area contributed by atoms with Gasteiger partial charge in [0, 0.05) is 25.2 Å². The molecule has 0 spiro atoms. The highest BCUT2D eigenvalue weighted by Gasteiger charge is 2.42. The molecule has 0 bridgehead atoms. The zero-order valence-corrected chi connectivity index (χ0v) is 8.16. The highest BCUT2D eigenvalue weighted by molar-refractivity contribution is 5.95. The van der Waals surface area contributed by atoms with Gasteiger partial charge < -0.3 is 5.32 Å². The lowest BCUT2D eigenvalue weighted by Crippen LogP contribution is -2.63. The van der Waals surface area contributed by atoms with Gasteiger partial charge in [-0.1, -0.05) is 13.2 Å². The minimum atomic E-state index is -0.239. The topological polar surface area (TPSA) is 46.2 Å². The zero-order valence-electron chi connectivity index (χ0n) is 8.16. The lowest BCUT2D eigenvalue weighted by atomic mass is 10.2. The van der Waals surface area contributed by atoms with Gasteiger partial charge in [0.05, 0.1) is 0 Å². The van der Waals surface area contributed by atoms with Crippen LogP contribution in [0.15, 0.2) is 25.3 Å². The fourth-order valence-electron chi connectivity index (χ4n) is 1.68. The van der Waals surface area contributed by atoms with Crippen molar-refractivity contribution in [2.45, 2.75) is 0 Å². The van der Waals surface area contributed by atoms with Crippen LogP contribution in [0.4, 0.5) is 0 Å². The molecule has 0 aliphatic carbocycles. The Morgan fingerprint density at radius 3 is 1.86 bits per heavy atom. The van der Waals surface area contributed by atoms with Gasteiger partial charge in [0.1, 0.15) is 13.1 Å². The molecule has 1 saturated heterocycles. The SMILES string of the molecule is C=CC(=O)[N+]1(C(=O)C=C)CCNCC1. The molecule has 0 aromatic rings. The minimum Gasteiger partial charge on any atom is -0.306 e. The van der Waals surface area contributed by atoms with Crippen molar-refractivity contribution < 1.29 is 14.1 Å². The van der Waals surface area contributed by atoms with Crippen molar-refractivity contribution in [3.63, 3.8) is 0 Å². The third-order valence-corrected chi connectivity index (χ3v) is 2.53. The molecule has 4 heteroatoms. The van der Waals surface area contributed by atoms with Crippen molar-refractivity contribution in [3.05, 3.63) is 25.3 Å². The van der Waals surface area contributed by atoms with E-state index in [0.29, 0.717) is 26.2 Å². The Labute approximate surface area is 83.5 Å². The van der Waals surface area contributed by atoms with E-state index in [1.165, 1.54) is 12.2 Å². The molecule has 1 aliphatic heterocycles. The summed E-state index contributed by atoms with van der Waals surface area (Å²) in [6.45, 7) is 9.15. The molecule has 0 unspecified atom stereocenters. The second kappa shape index (κ2) is 4.30. The summed E-state index contributed by atoms with van der Waals surface area (Å²) in [6, 6.07) is 0. The van der Waals surface area contributed by atoms with Gasteiger partial charge in [-0.15, -0.1) is 0 Å². The number of carbonyl (C=O) groups is 2. The van der Waals surface area contributed by atoms with E-state index in [2.05, 4.69) is 18.5 Å². The lowest BCUT2D eigenvalue weighted by Gasteiger charge is -2.34. The van der Waals surface area contributed by atoms with Crippen molar-refractivity contribution in [1.82, 2.24) is 5.32 Å². The highest BCUT2D eigenvalue weighted by atomic mass is 16.2. The van der Waals surface area contributed by atoms with E-state index in [4.69, 9.17) is 0 Å². The Kier molecular flexibility index (Phi) is 3.33. The summed E-state index contributed by atoms with van der Waals surface area (Å²) < 4.78 is -0.167. The third-order valence-electron chi connectivity index (χ3n) is 2.53. The van der Waals surface area contributed by atoms with E-state index in [9.17, 15) is 9.59 Å². The van der Waals surface area contributed by atoms with Gasteiger partial charge in [0.25, 0.3) is 0 Å². The Hall–Kier alpha value is -1.26. The molecule has 0 aromatic carbocycles. The molecule has 1 heterocycles. The molecule has 1 fully saturated rings. The average molecular weight is 195 g/mol. The Bertz CT molecular complexity index is 256. The van der Waals surface area contributed by atoms with Crippen LogP contribution in [0.1, 0.15) is 0 Å². The Balaban J connectivity index is 2.99. The van der Waals surface area contributed by atoms with E-state index in [1.807, 2.05) is 0 Å². The molecule has 76 valence electrons. The fourth-order valence-corrected chi connectivity index (χ4v) is 1.68. The number of rotatable bonds is 2. The fraction of sp³-hybridized carbons (Fsp3) is 0.400. The first-order chi connectivity index (χ1) is 6.67. The summed E-state index contributed by atoms with van der Waals surface area (Å²) in [4.78, 5) is 23.3. The molecule has 0 atom stereocenters. The molecule has 1 rings (SSSR count). The first-order valence-electron chi connectivity index (χ1n) is 4.59. The summed E-state index contributed by atoms with van der Waals surface area (Å²) in [5.74, 6) is -0.479. The van der Waals surface area contributed by atoms with E-state index in [1.54, 1.807) is 0 Å². The number of piperazine rings is 1. The third kappa shape index (κ3) is 1.66. The summed E-state index contributed by atoms with van der Waals surface area (Å²) in [5.41, 5.74) is 0. The van der Waals surface area contributed by atoms with Gasteiger partial charge in [0.15, 0.2) is 0 Å². The van der Waals surface area contributed by atoms with Crippen molar-refractivity contribution in [2.75, 3.05) is 26.2 Å². The number of amides is 2. The second-order valence-electron chi connectivity index (χ2n) is 3.25. The normalized spacial score (nSPS) is 19.7. The van der Waals surface area contributed by atoms with E-state index in [-0.39, 0.29) is 16.3 Å². The van der Waals surface area contributed by atoms with Crippen LogP contribution in [0.2, 0.25) is 0 Å². The molecule has 1 N–H and O–H groups in total. The van der Waals surface area contributed by atoms with Crippen molar-refractivity contribution in [3.8, 4) is 0 Å². The van der Waals surface area contributed by atoms with Crippen LogP contribution < -0.4 is 5.32 Å². The monoisotopic (exact) mass is 195 g/mol. The van der Waals surface area contributed by atoms with Crippen molar-refractivity contribution in [2.24, 2.45) is 0 Å². The zero-order chi connectivity index (χ0) is 10.6. The van der Waals surface area contributed by atoms with Crippen LogP contribution >= 0.6 is 0 Å². The number of nitrogens with one attached hydrogen (secondary N) is 1. The van der Waals surface area contributed by atoms with Crippen molar-refractivity contribution in [1.29, 1.82) is 0 Å². The maximum Gasteiger partial charge on any atom is 0.345 e. The van der Waals surface area contributed by atoms with E-state index < -0.39 is 0 Å². The molecular weight excluding hydrogens is 180 g/mol. The van der Waals surface area contributed by atoms with E-state index >= 15 is 0 Å². The Morgan fingerprint density at radius 2 is 1.50 bits per heavy atom. The number of hydrogen-bond donors (Lipinski definition) is 1. The summed E-state index contributed by atoms with van der Waals surface area (Å²) in [6.07, 6.45) is 2.43. The van der Waals surface area contributed by atoms with Gasteiger partial charge in [-0.05, 0) is 0 Å². The van der Waals surface area contributed by atoms with Crippen LogP contribution in [0.25, 0.3) is 0 Å². The highest BCUT2D eigenvalue weighted by Crippen LogP contribution is 2.12. The molecular formula is C10H15N2O2+. The first kappa shape index (κ1) is 10.8. The second-order valence-corrected chi connectivity index (χ2v) is 3.25. The Morgan fingerprint density at radius 1 is 1.07 bits per heavy atom. The summed E-state index contributed by atoms with van der Waals surface area (Å²) >= 11 is 0. The smallest absolute Gasteiger partial charge is 0.306 e. The summed E-state index contributed by atoms with van der Waals surface area (Å²) in [7, 11) is 0. The molecule has 0 radical (unpaired) electrons. The number of imide groups is 1. The van der Waals surface area contributed by atoms with Crippen LogP contribution in [-0.4, -0.2) is 42.5 Å². The predicted molar refractivity (Wildman–Crippen MR) is 53.3 cm³/mol. The number of carbonyl (C=O) groups excluding carboxylic acids is 2. The predicted octanol–water partition coefficient (Wildman–Crippen LogP) is -0.168. The molecule has 0 saturated carbocycles. The summed E-state index contributed by atoms with van der Waals surface area (Å²) in [5, 5.41) is 3.11. The standard InChI is InChI=1S/C10H15N2O2/c1-3-9(13)12(10(14)4-2)7-5-11-6-8-12/h3-4,11H,1-2,5-8H2/q+1. The van der Waals surface area contributed by atoms with Gasteiger partial charge in [-0.2, -0.15) is 4.48 Å². The van der Waals surface area contributed by atoms with Crippen LogP contribution in [0, 0.1) is 0 Å².